The summed E-state index contributed by atoms with van der Waals surface area (Å²) in [5.74, 6) is 0.0577. The fraction of sp³-hybridized carbons (Fsp3) is 0.333. The molecular weight excluding hydrogens is 322 g/mol. The van der Waals surface area contributed by atoms with Crippen LogP contribution >= 0.6 is 0 Å². The first kappa shape index (κ1) is 15.7. The van der Waals surface area contributed by atoms with Gasteiger partial charge in [-0.2, -0.15) is 0 Å². The summed E-state index contributed by atoms with van der Waals surface area (Å²) in [7, 11) is 0. The number of hydrogen-bond donors (Lipinski definition) is 1. The molecule has 1 aliphatic carbocycles. The highest BCUT2D eigenvalue weighted by Gasteiger charge is 2.44. The van der Waals surface area contributed by atoms with Crippen LogP contribution in [-0.2, 0) is 0 Å². The minimum Gasteiger partial charge on any atom is -0.387 e. The average Bonchev–Trinajstić information content (AvgIpc) is 3.05. The van der Waals surface area contributed by atoms with E-state index in [2.05, 4.69) is 4.98 Å². The molecule has 0 saturated carbocycles. The maximum atomic E-state index is 12.9. The number of carbonyl (C=O) groups excluding carboxylic acids is 1. The number of non-ortho nitro benzene ring substituents is 1. The van der Waals surface area contributed by atoms with E-state index in [0.29, 0.717) is 24.2 Å². The van der Waals surface area contributed by atoms with Crippen LogP contribution in [0.15, 0.2) is 42.6 Å². The molecule has 1 saturated heterocycles. The Balaban J connectivity index is 1.66. The zero-order chi connectivity index (χ0) is 17.6. The van der Waals surface area contributed by atoms with Crippen molar-refractivity contribution in [3.63, 3.8) is 0 Å². The van der Waals surface area contributed by atoms with Gasteiger partial charge in [0.2, 0.25) is 0 Å². The van der Waals surface area contributed by atoms with E-state index in [0.717, 1.165) is 12.0 Å². The number of aromatic nitrogens is 1. The van der Waals surface area contributed by atoms with E-state index < -0.39 is 11.0 Å². The highest BCUT2D eigenvalue weighted by atomic mass is 16.6. The Morgan fingerprint density at radius 2 is 2.04 bits per heavy atom. The first-order chi connectivity index (χ1) is 12.1. The summed E-state index contributed by atoms with van der Waals surface area (Å²) in [5, 5.41) is 21.1. The second kappa shape index (κ2) is 5.93. The molecule has 1 aromatic heterocycles. The number of nitro groups is 1. The number of rotatable bonds is 2. The van der Waals surface area contributed by atoms with Crippen molar-refractivity contribution in [1.82, 2.24) is 9.88 Å². The zero-order valence-corrected chi connectivity index (χ0v) is 13.4. The minimum absolute atomic E-state index is 0.0359. The van der Waals surface area contributed by atoms with Crippen molar-refractivity contribution in [3.8, 4) is 0 Å². The lowest BCUT2D eigenvalue weighted by atomic mass is 9.81. The highest BCUT2D eigenvalue weighted by Crippen LogP contribution is 2.48. The summed E-state index contributed by atoms with van der Waals surface area (Å²) in [6.45, 7) is 0.603. The molecule has 4 rings (SSSR count). The number of nitrogens with zero attached hydrogens (tertiary/aromatic N) is 3. The van der Waals surface area contributed by atoms with Gasteiger partial charge >= 0.3 is 0 Å². The van der Waals surface area contributed by atoms with Crippen molar-refractivity contribution in [2.75, 3.05) is 6.54 Å². The number of amides is 1. The molecule has 0 bridgehead atoms. The average molecular weight is 339 g/mol. The number of likely N-dealkylation sites (tertiary alicyclic amines) is 1. The second-order valence-corrected chi connectivity index (χ2v) is 6.53. The van der Waals surface area contributed by atoms with Gasteiger partial charge in [0.05, 0.1) is 22.8 Å². The van der Waals surface area contributed by atoms with Crippen molar-refractivity contribution in [1.29, 1.82) is 0 Å². The third-order valence-electron chi connectivity index (χ3n) is 5.14. The Kier molecular flexibility index (Phi) is 3.73. The van der Waals surface area contributed by atoms with E-state index in [1.807, 2.05) is 12.1 Å². The molecule has 3 atom stereocenters. The summed E-state index contributed by atoms with van der Waals surface area (Å²) in [6.07, 6.45) is 2.49. The van der Waals surface area contributed by atoms with Crippen molar-refractivity contribution >= 4 is 11.6 Å². The molecular formula is C18H17N3O4. The quantitative estimate of drug-likeness (QED) is 0.670. The molecule has 1 amide bonds. The maximum absolute atomic E-state index is 12.9. The van der Waals surface area contributed by atoms with Gasteiger partial charge in [-0.15, -0.1) is 0 Å². The molecule has 0 unspecified atom stereocenters. The van der Waals surface area contributed by atoms with Gasteiger partial charge in [0.15, 0.2) is 0 Å². The summed E-state index contributed by atoms with van der Waals surface area (Å²) < 4.78 is 0. The largest absolute Gasteiger partial charge is 0.387 e. The van der Waals surface area contributed by atoms with Crippen LogP contribution in [-0.4, -0.2) is 32.4 Å². The first-order valence-corrected chi connectivity index (χ1v) is 8.24. The van der Waals surface area contributed by atoms with E-state index >= 15 is 0 Å². The Labute approximate surface area is 144 Å². The van der Waals surface area contributed by atoms with Gasteiger partial charge in [-0.25, -0.2) is 0 Å². The van der Waals surface area contributed by atoms with Crippen molar-refractivity contribution in [3.05, 3.63) is 69.5 Å². The molecule has 7 heteroatoms. The molecule has 2 heterocycles. The first-order valence-electron chi connectivity index (χ1n) is 8.24. The summed E-state index contributed by atoms with van der Waals surface area (Å²) in [4.78, 5) is 29.3. The topological polar surface area (TPSA) is 96.6 Å². The fourth-order valence-electron chi connectivity index (χ4n) is 4.00. The monoisotopic (exact) mass is 339 g/mol. The van der Waals surface area contributed by atoms with Crippen molar-refractivity contribution < 1.29 is 14.8 Å². The van der Waals surface area contributed by atoms with Crippen LogP contribution in [0.5, 0.6) is 0 Å². The number of fused-ring (bicyclic) bond motifs is 3. The number of hydrogen-bond acceptors (Lipinski definition) is 5. The third-order valence-corrected chi connectivity index (χ3v) is 5.14. The SMILES string of the molecule is O=C(c1ccc([N+](=O)[O-])cc1)N1CC[C@H]2C[C@H](O)c3ncccc3[C@H]21. The van der Waals surface area contributed by atoms with Gasteiger partial charge in [0, 0.05) is 30.4 Å². The predicted octanol–water partition coefficient (Wildman–Crippen LogP) is 2.63. The molecule has 1 aliphatic heterocycles. The lowest BCUT2D eigenvalue weighted by Gasteiger charge is -2.35. The van der Waals surface area contributed by atoms with Crippen LogP contribution in [0, 0.1) is 16.0 Å². The summed E-state index contributed by atoms with van der Waals surface area (Å²) in [6, 6.07) is 9.33. The number of benzene rings is 1. The normalized spacial score (nSPS) is 24.5. The molecule has 128 valence electrons. The summed E-state index contributed by atoms with van der Waals surface area (Å²) >= 11 is 0. The van der Waals surface area contributed by atoms with Crippen molar-refractivity contribution in [2.24, 2.45) is 5.92 Å². The van der Waals surface area contributed by atoms with Gasteiger partial charge in [-0.05, 0) is 42.5 Å². The number of aliphatic hydroxyl groups excluding tert-OH is 1. The zero-order valence-electron chi connectivity index (χ0n) is 13.4. The van der Waals surface area contributed by atoms with E-state index in [4.69, 9.17) is 0 Å². The summed E-state index contributed by atoms with van der Waals surface area (Å²) in [5.41, 5.74) is 1.94. The van der Waals surface area contributed by atoms with Crippen LogP contribution in [0.1, 0.15) is 46.6 Å². The van der Waals surface area contributed by atoms with Crippen LogP contribution in [0.2, 0.25) is 0 Å². The maximum Gasteiger partial charge on any atom is 0.269 e. The van der Waals surface area contributed by atoms with E-state index in [9.17, 15) is 20.0 Å². The van der Waals surface area contributed by atoms with Crippen LogP contribution < -0.4 is 0 Å². The Morgan fingerprint density at radius 3 is 2.76 bits per heavy atom. The Bertz CT molecular complexity index is 836. The van der Waals surface area contributed by atoms with E-state index in [1.165, 1.54) is 24.3 Å². The molecule has 1 fully saturated rings. The molecule has 1 aromatic carbocycles. The van der Waals surface area contributed by atoms with Gasteiger partial charge in [0.25, 0.3) is 11.6 Å². The van der Waals surface area contributed by atoms with Gasteiger partial charge in [-0.1, -0.05) is 6.07 Å². The Hall–Kier alpha value is -2.80. The smallest absolute Gasteiger partial charge is 0.269 e. The van der Waals surface area contributed by atoms with E-state index in [-0.39, 0.29) is 23.6 Å². The number of nitro benzene ring substituents is 1. The number of carbonyl (C=O) groups is 1. The van der Waals surface area contributed by atoms with Gasteiger partial charge < -0.3 is 10.0 Å². The van der Waals surface area contributed by atoms with Crippen molar-refractivity contribution in [2.45, 2.75) is 25.0 Å². The highest BCUT2D eigenvalue weighted by molar-refractivity contribution is 5.95. The van der Waals surface area contributed by atoms with Gasteiger partial charge in [0.1, 0.15) is 0 Å². The molecule has 1 N–H and O–H groups in total. The predicted molar refractivity (Wildman–Crippen MR) is 88.8 cm³/mol. The van der Waals surface area contributed by atoms with Crippen LogP contribution in [0.3, 0.4) is 0 Å². The number of pyridine rings is 1. The molecule has 0 radical (unpaired) electrons. The fourth-order valence-corrected chi connectivity index (χ4v) is 4.00. The molecule has 2 aliphatic rings. The Morgan fingerprint density at radius 1 is 1.28 bits per heavy atom. The molecule has 2 aromatic rings. The number of aliphatic hydroxyl groups is 1. The standard InChI is InChI=1S/C18H17N3O4/c22-15-10-12-7-9-20(17(12)14-2-1-8-19-16(14)15)18(23)11-3-5-13(6-4-11)21(24)25/h1-6,8,12,15,17,22H,7,9-10H2/t12-,15-,17-/m0/s1. The molecule has 7 nitrogen and oxygen atoms in total. The second-order valence-electron chi connectivity index (χ2n) is 6.53. The lowest BCUT2D eigenvalue weighted by molar-refractivity contribution is -0.384. The molecule has 0 spiro atoms. The minimum atomic E-state index is -0.591. The van der Waals surface area contributed by atoms with Crippen LogP contribution in [0.25, 0.3) is 0 Å². The lowest BCUT2D eigenvalue weighted by Crippen LogP contribution is -2.35. The molecule has 25 heavy (non-hydrogen) atoms. The van der Waals surface area contributed by atoms with Gasteiger partial charge in [-0.3, -0.25) is 19.9 Å². The third kappa shape index (κ3) is 2.56. The van der Waals surface area contributed by atoms with E-state index in [1.54, 1.807) is 11.1 Å². The van der Waals surface area contributed by atoms with Crippen LogP contribution in [0.4, 0.5) is 5.69 Å².